The van der Waals surface area contributed by atoms with Gasteiger partial charge in [0.25, 0.3) is 0 Å². The van der Waals surface area contributed by atoms with E-state index in [1.165, 1.54) is 11.0 Å². The second-order valence-electron chi connectivity index (χ2n) is 9.99. The number of likely N-dealkylation sites (N-methyl/N-ethyl adjacent to an activating group) is 1. The molecule has 2 aromatic rings. The first kappa shape index (κ1) is 27.8. The Kier molecular flexibility index (Phi) is 8.78. The highest BCUT2D eigenvalue weighted by atomic mass is 35.5. The minimum atomic E-state index is -3.93. The Balaban J connectivity index is 1.44. The molecular formula is C27H37ClN4O4S. The molecule has 2 fully saturated rings. The Morgan fingerprint density at radius 2 is 1.78 bits per heavy atom. The van der Waals surface area contributed by atoms with Crippen LogP contribution in [0.4, 0.5) is 0 Å². The van der Waals surface area contributed by atoms with Crippen molar-refractivity contribution >= 4 is 44.2 Å². The standard InChI is InChI=1S/C27H37ClN4O4S/c1-4-30(5-2)18-23-8-6-7-14-32(23)26(33)19(3)31-15-13-25(27(31)34)29-37(35,36)24-12-10-20-16-22(28)11-9-21(20)17-24/h9-12,16-17,19,23,25,29H,4-8,13-15,18H2,1-3H3/t19-,23?,25+/m1/s1. The number of nitrogens with one attached hydrogen (secondary N) is 1. The van der Waals surface area contributed by atoms with E-state index in [0.29, 0.717) is 24.5 Å². The first-order valence-corrected chi connectivity index (χ1v) is 15.1. The van der Waals surface area contributed by atoms with Crippen molar-refractivity contribution in [3.8, 4) is 0 Å². The molecule has 2 aromatic carbocycles. The third-order valence-electron chi connectivity index (χ3n) is 7.72. The molecule has 0 saturated carbocycles. The molecule has 2 aliphatic rings. The Labute approximate surface area is 225 Å². The van der Waals surface area contributed by atoms with Crippen molar-refractivity contribution in [1.29, 1.82) is 0 Å². The fourth-order valence-electron chi connectivity index (χ4n) is 5.45. The number of rotatable bonds is 9. The van der Waals surface area contributed by atoms with Crippen molar-refractivity contribution < 1.29 is 18.0 Å². The normalized spacial score (nSPS) is 21.7. The summed E-state index contributed by atoms with van der Waals surface area (Å²) in [6.07, 6.45) is 3.34. The number of hydrogen-bond donors (Lipinski definition) is 1. The number of hydrogen-bond acceptors (Lipinski definition) is 5. The topological polar surface area (TPSA) is 90.0 Å². The predicted octanol–water partition coefficient (Wildman–Crippen LogP) is 3.48. The van der Waals surface area contributed by atoms with Crippen molar-refractivity contribution in [2.24, 2.45) is 0 Å². The van der Waals surface area contributed by atoms with Gasteiger partial charge in [0.15, 0.2) is 0 Å². The summed E-state index contributed by atoms with van der Waals surface area (Å²) in [5, 5.41) is 2.15. The average Bonchev–Trinajstić information content (AvgIpc) is 3.25. The van der Waals surface area contributed by atoms with Crippen LogP contribution < -0.4 is 4.72 Å². The van der Waals surface area contributed by atoms with Crippen molar-refractivity contribution in [3.63, 3.8) is 0 Å². The van der Waals surface area contributed by atoms with Crippen LogP contribution in [0.25, 0.3) is 10.8 Å². The highest BCUT2D eigenvalue weighted by Gasteiger charge is 2.41. The smallest absolute Gasteiger partial charge is 0.245 e. The Morgan fingerprint density at radius 1 is 1.08 bits per heavy atom. The maximum atomic E-state index is 13.5. The number of piperidine rings is 1. The van der Waals surface area contributed by atoms with Crippen LogP contribution in [0.3, 0.4) is 0 Å². The van der Waals surface area contributed by atoms with Crippen molar-refractivity contribution in [2.75, 3.05) is 32.7 Å². The van der Waals surface area contributed by atoms with Gasteiger partial charge >= 0.3 is 0 Å². The van der Waals surface area contributed by atoms with Gasteiger partial charge in [0, 0.05) is 30.7 Å². The van der Waals surface area contributed by atoms with Crippen LogP contribution in [-0.2, 0) is 19.6 Å². The molecule has 0 radical (unpaired) electrons. The molecule has 202 valence electrons. The van der Waals surface area contributed by atoms with Gasteiger partial charge in [-0.15, -0.1) is 0 Å². The molecule has 3 atom stereocenters. The van der Waals surface area contributed by atoms with Crippen LogP contribution in [0.2, 0.25) is 5.02 Å². The van der Waals surface area contributed by atoms with Gasteiger partial charge in [0.2, 0.25) is 21.8 Å². The molecule has 0 spiro atoms. The maximum Gasteiger partial charge on any atom is 0.245 e. The number of sulfonamides is 1. The SMILES string of the molecule is CCN(CC)CC1CCCCN1C(=O)[C@@H](C)N1CC[C@H](NS(=O)(=O)c2ccc3cc(Cl)ccc3c2)C1=O. The first-order valence-electron chi connectivity index (χ1n) is 13.2. The molecule has 8 nitrogen and oxygen atoms in total. The molecule has 2 aliphatic heterocycles. The molecule has 2 saturated heterocycles. The van der Waals surface area contributed by atoms with E-state index in [1.807, 2.05) is 4.90 Å². The molecule has 1 N–H and O–H groups in total. The van der Waals surface area contributed by atoms with Crippen molar-refractivity contribution in [3.05, 3.63) is 41.4 Å². The lowest BCUT2D eigenvalue weighted by molar-refractivity contribution is -0.146. The molecular weight excluding hydrogens is 512 g/mol. The number of benzene rings is 2. The number of carbonyl (C=O) groups excluding carboxylic acids is 2. The summed E-state index contributed by atoms with van der Waals surface area (Å²) in [6, 6.07) is 8.64. The van der Waals surface area contributed by atoms with E-state index < -0.39 is 22.1 Å². The number of amides is 2. The maximum absolute atomic E-state index is 13.5. The number of likely N-dealkylation sites (tertiary alicyclic amines) is 2. The highest BCUT2D eigenvalue weighted by molar-refractivity contribution is 7.89. The van der Waals surface area contributed by atoms with Gasteiger partial charge in [-0.1, -0.05) is 37.6 Å². The van der Waals surface area contributed by atoms with Gasteiger partial charge in [-0.2, -0.15) is 4.72 Å². The van der Waals surface area contributed by atoms with Gasteiger partial charge < -0.3 is 14.7 Å². The largest absolute Gasteiger partial charge is 0.337 e. The zero-order valence-electron chi connectivity index (χ0n) is 21.8. The summed E-state index contributed by atoms with van der Waals surface area (Å²) in [7, 11) is -3.93. The number of halogens is 1. The van der Waals surface area contributed by atoms with E-state index in [2.05, 4.69) is 23.5 Å². The van der Waals surface area contributed by atoms with E-state index in [-0.39, 0.29) is 22.8 Å². The van der Waals surface area contributed by atoms with E-state index in [9.17, 15) is 18.0 Å². The van der Waals surface area contributed by atoms with Crippen LogP contribution in [-0.4, -0.2) is 85.8 Å². The molecule has 10 heteroatoms. The monoisotopic (exact) mass is 548 g/mol. The second-order valence-corrected chi connectivity index (χ2v) is 12.1. The van der Waals surface area contributed by atoms with Gasteiger partial charge in [0.05, 0.1) is 4.90 Å². The average molecular weight is 549 g/mol. The highest BCUT2D eigenvalue weighted by Crippen LogP contribution is 2.25. The number of nitrogens with zero attached hydrogens (tertiary/aromatic N) is 3. The van der Waals surface area contributed by atoms with E-state index in [4.69, 9.17) is 11.6 Å². The van der Waals surface area contributed by atoms with Crippen LogP contribution in [0.1, 0.15) is 46.5 Å². The van der Waals surface area contributed by atoms with Gasteiger partial charge in [-0.05, 0) is 80.7 Å². The quantitative estimate of drug-likeness (QED) is 0.518. The number of fused-ring (bicyclic) bond motifs is 1. The molecule has 0 bridgehead atoms. The molecule has 1 unspecified atom stereocenters. The molecule has 2 amide bonds. The molecule has 2 heterocycles. The van der Waals surface area contributed by atoms with E-state index in [1.54, 1.807) is 37.3 Å². The third-order valence-corrected chi connectivity index (χ3v) is 9.42. The second kappa shape index (κ2) is 11.7. The van der Waals surface area contributed by atoms with Crippen molar-refractivity contribution in [1.82, 2.24) is 19.4 Å². The van der Waals surface area contributed by atoms with E-state index in [0.717, 1.165) is 49.7 Å². The van der Waals surface area contributed by atoms with Crippen LogP contribution in [0.15, 0.2) is 41.3 Å². The summed E-state index contributed by atoms with van der Waals surface area (Å²) in [5.74, 6) is -0.406. The Morgan fingerprint density at radius 3 is 2.51 bits per heavy atom. The fourth-order valence-corrected chi connectivity index (χ4v) is 6.89. The summed E-state index contributed by atoms with van der Waals surface area (Å²) in [4.78, 5) is 32.7. The summed E-state index contributed by atoms with van der Waals surface area (Å²) in [6.45, 7) is 9.74. The zero-order chi connectivity index (χ0) is 26.7. The minimum absolute atomic E-state index is 0.0538. The van der Waals surface area contributed by atoms with Gasteiger partial charge in [-0.3, -0.25) is 9.59 Å². The predicted molar refractivity (Wildman–Crippen MR) is 146 cm³/mol. The Hall–Kier alpha value is -2.20. The van der Waals surface area contributed by atoms with Crippen LogP contribution in [0.5, 0.6) is 0 Å². The van der Waals surface area contributed by atoms with E-state index >= 15 is 0 Å². The summed E-state index contributed by atoms with van der Waals surface area (Å²) >= 11 is 6.03. The molecule has 0 aromatic heterocycles. The lowest BCUT2D eigenvalue weighted by Crippen LogP contribution is -2.56. The van der Waals surface area contributed by atoms with Crippen LogP contribution >= 0.6 is 11.6 Å². The summed E-state index contributed by atoms with van der Waals surface area (Å²) in [5.41, 5.74) is 0. The van der Waals surface area contributed by atoms with Gasteiger partial charge in [-0.25, -0.2) is 8.42 Å². The molecule has 4 rings (SSSR count). The van der Waals surface area contributed by atoms with Gasteiger partial charge in [0.1, 0.15) is 12.1 Å². The first-order chi connectivity index (χ1) is 17.6. The zero-order valence-corrected chi connectivity index (χ0v) is 23.4. The molecule has 37 heavy (non-hydrogen) atoms. The minimum Gasteiger partial charge on any atom is -0.337 e. The molecule has 0 aliphatic carbocycles. The van der Waals surface area contributed by atoms with Crippen molar-refractivity contribution in [2.45, 2.75) is 69.5 Å². The number of carbonyl (C=O) groups is 2. The van der Waals surface area contributed by atoms with Crippen LogP contribution in [0, 0.1) is 0 Å². The fraction of sp³-hybridized carbons (Fsp3) is 0.556. The Bertz CT molecular complexity index is 1250. The third kappa shape index (κ3) is 6.11. The summed E-state index contributed by atoms with van der Waals surface area (Å²) < 4.78 is 28.8. The lowest BCUT2D eigenvalue weighted by Gasteiger charge is -2.40. The lowest BCUT2D eigenvalue weighted by atomic mass is 10.00.